The standard InChI is InChI=1S/C18H25N/c1-3-5-6-7-12-17-13-15-10-8-9-11-16(15)14-18(17)19-4-2/h8-11,13-14,19H,3-7,12H2,1-2H3. The van der Waals surface area contributed by atoms with Crippen molar-refractivity contribution in [2.24, 2.45) is 0 Å². The van der Waals surface area contributed by atoms with Gasteiger partial charge in [0, 0.05) is 12.2 Å². The molecule has 2 rings (SSSR count). The highest BCUT2D eigenvalue weighted by Gasteiger charge is 2.04. The minimum absolute atomic E-state index is 0.986. The summed E-state index contributed by atoms with van der Waals surface area (Å²) in [5.41, 5.74) is 2.79. The van der Waals surface area contributed by atoms with E-state index in [-0.39, 0.29) is 0 Å². The summed E-state index contributed by atoms with van der Waals surface area (Å²) in [6.45, 7) is 5.41. The fourth-order valence-electron chi connectivity index (χ4n) is 2.59. The van der Waals surface area contributed by atoms with Gasteiger partial charge in [-0.3, -0.25) is 0 Å². The summed E-state index contributed by atoms with van der Waals surface area (Å²) in [4.78, 5) is 0. The monoisotopic (exact) mass is 255 g/mol. The molecule has 0 fully saturated rings. The first kappa shape index (κ1) is 13.9. The number of fused-ring (bicyclic) bond motifs is 1. The number of nitrogens with one attached hydrogen (secondary N) is 1. The summed E-state index contributed by atoms with van der Waals surface area (Å²) in [6.07, 6.45) is 6.48. The molecular weight excluding hydrogens is 230 g/mol. The maximum atomic E-state index is 3.51. The average molecular weight is 255 g/mol. The number of hydrogen-bond acceptors (Lipinski definition) is 1. The molecule has 0 saturated heterocycles. The predicted molar refractivity (Wildman–Crippen MR) is 86.0 cm³/mol. The second-order valence-electron chi connectivity index (χ2n) is 5.20. The smallest absolute Gasteiger partial charge is 0.0379 e. The Balaban J connectivity index is 2.20. The van der Waals surface area contributed by atoms with Crippen LogP contribution in [0.1, 0.15) is 45.1 Å². The zero-order chi connectivity index (χ0) is 13.5. The fraction of sp³-hybridized carbons (Fsp3) is 0.444. The topological polar surface area (TPSA) is 12.0 Å². The summed E-state index contributed by atoms with van der Waals surface area (Å²) in [5.74, 6) is 0. The summed E-state index contributed by atoms with van der Waals surface area (Å²) in [5, 5.41) is 6.19. The van der Waals surface area contributed by atoms with E-state index in [9.17, 15) is 0 Å². The van der Waals surface area contributed by atoms with E-state index in [1.165, 1.54) is 54.1 Å². The summed E-state index contributed by atoms with van der Waals surface area (Å²) < 4.78 is 0. The number of aryl methyl sites for hydroxylation is 1. The molecule has 0 aliphatic rings. The third kappa shape index (κ3) is 3.73. The molecule has 0 spiro atoms. The molecule has 0 saturated carbocycles. The van der Waals surface area contributed by atoms with Gasteiger partial charge in [0.1, 0.15) is 0 Å². The molecule has 0 radical (unpaired) electrons. The Morgan fingerprint density at radius 2 is 1.63 bits per heavy atom. The van der Waals surface area contributed by atoms with Gasteiger partial charge in [-0.25, -0.2) is 0 Å². The Hall–Kier alpha value is -1.50. The molecule has 19 heavy (non-hydrogen) atoms. The largest absolute Gasteiger partial charge is 0.385 e. The van der Waals surface area contributed by atoms with Crippen LogP contribution in [0.5, 0.6) is 0 Å². The minimum Gasteiger partial charge on any atom is -0.385 e. The highest BCUT2D eigenvalue weighted by atomic mass is 14.9. The first-order chi connectivity index (χ1) is 9.35. The van der Waals surface area contributed by atoms with Crippen LogP contribution in [0.4, 0.5) is 5.69 Å². The lowest BCUT2D eigenvalue weighted by molar-refractivity contribution is 0.667. The minimum atomic E-state index is 0.986. The Kier molecular flexibility index (Phi) is 5.26. The van der Waals surface area contributed by atoms with Gasteiger partial charge in [0.25, 0.3) is 0 Å². The van der Waals surface area contributed by atoms with Crippen LogP contribution in [-0.2, 0) is 6.42 Å². The molecule has 0 atom stereocenters. The molecule has 1 nitrogen and oxygen atoms in total. The molecule has 0 aliphatic heterocycles. The van der Waals surface area contributed by atoms with E-state index in [0.717, 1.165) is 6.54 Å². The van der Waals surface area contributed by atoms with Crippen LogP contribution in [0.15, 0.2) is 36.4 Å². The first-order valence-corrected chi connectivity index (χ1v) is 7.60. The van der Waals surface area contributed by atoms with Crippen LogP contribution >= 0.6 is 0 Å². The van der Waals surface area contributed by atoms with Gasteiger partial charge in [0.2, 0.25) is 0 Å². The van der Waals surface area contributed by atoms with Gasteiger partial charge in [-0.05, 0) is 48.2 Å². The van der Waals surface area contributed by atoms with Gasteiger partial charge < -0.3 is 5.32 Å². The second kappa shape index (κ2) is 7.18. The van der Waals surface area contributed by atoms with Crippen LogP contribution in [-0.4, -0.2) is 6.54 Å². The van der Waals surface area contributed by atoms with E-state index in [1.54, 1.807) is 0 Å². The molecule has 2 aromatic carbocycles. The van der Waals surface area contributed by atoms with Crippen LogP contribution < -0.4 is 5.32 Å². The van der Waals surface area contributed by atoms with E-state index in [2.05, 4.69) is 55.6 Å². The van der Waals surface area contributed by atoms with Crippen molar-refractivity contribution in [1.82, 2.24) is 0 Å². The molecule has 0 unspecified atom stereocenters. The lowest BCUT2D eigenvalue weighted by Gasteiger charge is -2.12. The van der Waals surface area contributed by atoms with Gasteiger partial charge >= 0.3 is 0 Å². The molecular formula is C18H25N. The van der Waals surface area contributed by atoms with E-state index in [0.29, 0.717) is 0 Å². The first-order valence-electron chi connectivity index (χ1n) is 7.60. The zero-order valence-electron chi connectivity index (χ0n) is 12.2. The van der Waals surface area contributed by atoms with Crippen LogP contribution in [0, 0.1) is 0 Å². The van der Waals surface area contributed by atoms with Crippen molar-refractivity contribution in [2.45, 2.75) is 46.0 Å². The van der Waals surface area contributed by atoms with Crippen LogP contribution in [0.25, 0.3) is 10.8 Å². The van der Waals surface area contributed by atoms with Crippen LogP contribution in [0.2, 0.25) is 0 Å². The predicted octanol–water partition coefficient (Wildman–Crippen LogP) is 5.39. The van der Waals surface area contributed by atoms with Gasteiger partial charge in [0.15, 0.2) is 0 Å². The van der Waals surface area contributed by atoms with Crippen LogP contribution in [0.3, 0.4) is 0 Å². The highest BCUT2D eigenvalue weighted by molar-refractivity contribution is 5.87. The molecule has 1 N–H and O–H groups in total. The normalized spacial score (nSPS) is 10.8. The molecule has 0 aromatic heterocycles. The molecule has 0 heterocycles. The Morgan fingerprint density at radius 1 is 0.895 bits per heavy atom. The molecule has 0 amide bonds. The van der Waals surface area contributed by atoms with Crippen molar-refractivity contribution in [2.75, 3.05) is 11.9 Å². The Bertz CT molecular complexity index is 516. The zero-order valence-corrected chi connectivity index (χ0v) is 12.2. The summed E-state index contributed by atoms with van der Waals surface area (Å²) in [6, 6.07) is 13.3. The number of hydrogen-bond donors (Lipinski definition) is 1. The van der Waals surface area contributed by atoms with E-state index in [1.807, 2.05) is 0 Å². The quantitative estimate of drug-likeness (QED) is 0.654. The lowest BCUT2D eigenvalue weighted by Crippen LogP contribution is -2.01. The molecule has 102 valence electrons. The van der Waals surface area contributed by atoms with Gasteiger partial charge in [-0.1, -0.05) is 50.5 Å². The summed E-state index contributed by atoms with van der Waals surface area (Å²) in [7, 11) is 0. The highest BCUT2D eigenvalue weighted by Crippen LogP contribution is 2.25. The molecule has 2 aromatic rings. The third-order valence-electron chi connectivity index (χ3n) is 3.64. The number of benzene rings is 2. The van der Waals surface area contributed by atoms with Crippen molar-refractivity contribution in [3.63, 3.8) is 0 Å². The second-order valence-corrected chi connectivity index (χ2v) is 5.20. The third-order valence-corrected chi connectivity index (χ3v) is 3.64. The molecule has 0 bridgehead atoms. The molecule has 1 heteroatoms. The SMILES string of the molecule is CCCCCCc1cc2ccccc2cc1NCC. The van der Waals surface area contributed by atoms with Crippen molar-refractivity contribution >= 4 is 16.5 Å². The maximum Gasteiger partial charge on any atom is 0.0379 e. The maximum absolute atomic E-state index is 3.51. The number of unbranched alkanes of at least 4 members (excludes halogenated alkanes) is 3. The Morgan fingerprint density at radius 3 is 2.32 bits per heavy atom. The van der Waals surface area contributed by atoms with E-state index < -0.39 is 0 Å². The fourth-order valence-corrected chi connectivity index (χ4v) is 2.59. The van der Waals surface area contributed by atoms with Crippen molar-refractivity contribution < 1.29 is 0 Å². The molecule has 0 aliphatic carbocycles. The van der Waals surface area contributed by atoms with Gasteiger partial charge in [-0.15, -0.1) is 0 Å². The number of anilines is 1. The average Bonchev–Trinajstić information content (AvgIpc) is 2.44. The Labute approximate surface area is 117 Å². The van der Waals surface area contributed by atoms with Gasteiger partial charge in [0.05, 0.1) is 0 Å². The van der Waals surface area contributed by atoms with Crippen molar-refractivity contribution in [1.29, 1.82) is 0 Å². The van der Waals surface area contributed by atoms with Gasteiger partial charge in [-0.2, -0.15) is 0 Å². The van der Waals surface area contributed by atoms with E-state index >= 15 is 0 Å². The van der Waals surface area contributed by atoms with Crippen molar-refractivity contribution in [3.05, 3.63) is 42.0 Å². The van der Waals surface area contributed by atoms with E-state index in [4.69, 9.17) is 0 Å². The lowest BCUT2D eigenvalue weighted by atomic mass is 10.00. The summed E-state index contributed by atoms with van der Waals surface area (Å²) >= 11 is 0. The number of rotatable bonds is 7. The van der Waals surface area contributed by atoms with Crippen molar-refractivity contribution in [3.8, 4) is 0 Å².